The molecule has 0 amide bonds. The minimum Gasteiger partial charge on any atom is -0.426 e. The van der Waals surface area contributed by atoms with Gasteiger partial charge in [0.25, 0.3) is 0 Å². The molecule has 0 unspecified atom stereocenters. The van der Waals surface area contributed by atoms with Crippen molar-refractivity contribution in [3.05, 3.63) is 29.3 Å². The average Bonchev–Trinajstić information content (AvgIpc) is 2.49. The number of carbonyl (C=O) groups excluding carboxylic acids is 1. The fourth-order valence-corrected chi connectivity index (χ4v) is 2.71. The van der Waals surface area contributed by atoms with Gasteiger partial charge in [0.05, 0.1) is 0 Å². The van der Waals surface area contributed by atoms with E-state index in [1.807, 2.05) is 32.0 Å². The monoisotopic (exact) mass is 304 g/mol. The van der Waals surface area contributed by atoms with E-state index in [2.05, 4.69) is 6.92 Å². The zero-order valence-corrected chi connectivity index (χ0v) is 14.6. The molecule has 0 atom stereocenters. The maximum absolute atomic E-state index is 11.9. The Morgan fingerprint density at radius 1 is 0.864 bits per heavy atom. The molecule has 0 aromatic heterocycles. The van der Waals surface area contributed by atoms with Crippen LogP contribution in [0, 0.1) is 13.8 Å². The normalized spacial score (nSPS) is 10.7. The van der Waals surface area contributed by atoms with Crippen molar-refractivity contribution in [1.29, 1.82) is 0 Å². The number of hydrogen-bond acceptors (Lipinski definition) is 2. The lowest BCUT2D eigenvalue weighted by atomic mass is 10.1. The quantitative estimate of drug-likeness (QED) is 0.279. The van der Waals surface area contributed by atoms with Crippen molar-refractivity contribution in [2.75, 3.05) is 0 Å². The number of benzene rings is 1. The first-order valence-electron chi connectivity index (χ1n) is 8.92. The molecule has 2 heteroatoms. The molecule has 0 heterocycles. The van der Waals surface area contributed by atoms with E-state index in [0.29, 0.717) is 6.42 Å². The number of rotatable bonds is 11. The van der Waals surface area contributed by atoms with Gasteiger partial charge < -0.3 is 4.74 Å². The van der Waals surface area contributed by atoms with Gasteiger partial charge in [0.2, 0.25) is 0 Å². The summed E-state index contributed by atoms with van der Waals surface area (Å²) in [4.78, 5) is 11.9. The molecule has 0 spiro atoms. The van der Waals surface area contributed by atoms with Crippen LogP contribution in [0.25, 0.3) is 0 Å². The van der Waals surface area contributed by atoms with Crippen LogP contribution in [0.4, 0.5) is 0 Å². The van der Waals surface area contributed by atoms with E-state index in [9.17, 15) is 4.79 Å². The molecule has 0 saturated carbocycles. The Morgan fingerprint density at radius 2 is 1.36 bits per heavy atom. The molecule has 1 rings (SSSR count). The third kappa shape index (κ3) is 7.63. The van der Waals surface area contributed by atoms with Crippen LogP contribution in [0.5, 0.6) is 5.75 Å². The van der Waals surface area contributed by atoms with Gasteiger partial charge >= 0.3 is 5.97 Å². The number of carbonyl (C=O) groups is 1. The Morgan fingerprint density at radius 3 is 1.91 bits per heavy atom. The maximum atomic E-state index is 11.9. The summed E-state index contributed by atoms with van der Waals surface area (Å²) in [5.41, 5.74) is 2.06. The van der Waals surface area contributed by atoms with E-state index in [1.54, 1.807) is 0 Å². The summed E-state index contributed by atoms with van der Waals surface area (Å²) in [5.74, 6) is 0.642. The topological polar surface area (TPSA) is 26.3 Å². The second-order valence-electron chi connectivity index (χ2n) is 6.27. The van der Waals surface area contributed by atoms with Crippen molar-refractivity contribution < 1.29 is 9.53 Å². The SMILES string of the molecule is CCCCCCCCCCCC(=O)Oc1c(C)cccc1C. The molecule has 0 saturated heterocycles. The molecule has 22 heavy (non-hydrogen) atoms. The van der Waals surface area contributed by atoms with E-state index in [0.717, 1.165) is 29.7 Å². The van der Waals surface area contributed by atoms with Crippen LogP contribution >= 0.6 is 0 Å². The zero-order chi connectivity index (χ0) is 16.2. The molecule has 0 N–H and O–H groups in total. The minimum absolute atomic E-state index is 0.0969. The third-order valence-corrected chi connectivity index (χ3v) is 4.11. The Hall–Kier alpha value is -1.31. The highest BCUT2D eigenvalue weighted by molar-refractivity contribution is 5.73. The largest absolute Gasteiger partial charge is 0.426 e. The highest BCUT2D eigenvalue weighted by Gasteiger charge is 2.09. The van der Waals surface area contributed by atoms with Gasteiger partial charge in [-0.3, -0.25) is 4.79 Å². The lowest BCUT2D eigenvalue weighted by Crippen LogP contribution is -2.09. The Bertz CT molecular complexity index is 417. The van der Waals surface area contributed by atoms with E-state index < -0.39 is 0 Å². The maximum Gasteiger partial charge on any atom is 0.311 e. The number of aryl methyl sites for hydroxylation is 2. The fourth-order valence-electron chi connectivity index (χ4n) is 2.71. The van der Waals surface area contributed by atoms with Gasteiger partial charge in [-0.1, -0.05) is 76.5 Å². The summed E-state index contributed by atoms with van der Waals surface area (Å²) in [5, 5.41) is 0. The van der Waals surface area contributed by atoms with Crippen molar-refractivity contribution in [2.45, 2.75) is 85.0 Å². The zero-order valence-electron chi connectivity index (χ0n) is 14.6. The predicted octanol–water partition coefficient (Wildman–Crippen LogP) is 6.13. The second kappa shape index (κ2) is 11.3. The number of esters is 1. The van der Waals surface area contributed by atoms with Crippen molar-refractivity contribution >= 4 is 5.97 Å². The number of ether oxygens (including phenoxy) is 1. The number of para-hydroxylation sites is 1. The minimum atomic E-state index is -0.0969. The van der Waals surface area contributed by atoms with Crippen molar-refractivity contribution in [1.82, 2.24) is 0 Å². The van der Waals surface area contributed by atoms with Gasteiger partial charge in [0.1, 0.15) is 5.75 Å². The van der Waals surface area contributed by atoms with Gasteiger partial charge in [-0.25, -0.2) is 0 Å². The van der Waals surface area contributed by atoms with Crippen LogP contribution in [0.2, 0.25) is 0 Å². The van der Waals surface area contributed by atoms with Gasteiger partial charge in [-0.15, -0.1) is 0 Å². The summed E-state index contributed by atoms with van der Waals surface area (Å²) in [6.07, 6.45) is 11.9. The lowest BCUT2D eigenvalue weighted by molar-refractivity contribution is -0.134. The van der Waals surface area contributed by atoms with Crippen LogP contribution in [0.1, 0.15) is 82.3 Å². The van der Waals surface area contributed by atoms with Crippen molar-refractivity contribution in [3.63, 3.8) is 0 Å². The molecule has 1 aromatic rings. The molecule has 0 aliphatic rings. The molecular weight excluding hydrogens is 272 g/mol. The summed E-state index contributed by atoms with van der Waals surface area (Å²) in [6.45, 7) is 6.21. The van der Waals surface area contributed by atoms with Gasteiger partial charge in [-0.05, 0) is 31.4 Å². The third-order valence-electron chi connectivity index (χ3n) is 4.11. The molecule has 0 bridgehead atoms. The van der Waals surface area contributed by atoms with Gasteiger partial charge in [0, 0.05) is 6.42 Å². The summed E-state index contributed by atoms with van der Waals surface area (Å²) < 4.78 is 5.51. The molecule has 1 aromatic carbocycles. The molecule has 124 valence electrons. The first-order valence-corrected chi connectivity index (χ1v) is 8.92. The highest BCUT2D eigenvalue weighted by atomic mass is 16.5. The summed E-state index contributed by atoms with van der Waals surface area (Å²) >= 11 is 0. The molecule has 0 radical (unpaired) electrons. The molecule has 0 fully saturated rings. The molecule has 0 aliphatic carbocycles. The highest BCUT2D eigenvalue weighted by Crippen LogP contribution is 2.23. The van der Waals surface area contributed by atoms with Crippen LogP contribution in [0.15, 0.2) is 18.2 Å². The van der Waals surface area contributed by atoms with E-state index >= 15 is 0 Å². The van der Waals surface area contributed by atoms with Crippen molar-refractivity contribution in [2.24, 2.45) is 0 Å². The van der Waals surface area contributed by atoms with Crippen LogP contribution in [0.3, 0.4) is 0 Å². The van der Waals surface area contributed by atoms with E-state index in [1.165, 1.54) is 44.9 Å². The van der Waals surface area contributed by atoms with E-state index in [4.69, 9.17) is 4.74 Å². The number of unbranched alkanes of at least 4 members (excludes halogenated alkanes) is 8. The first kappa shape index (κ1) is 18.7. The summed E-state index contributed by atoms with van der Waals surface area (Å²) in [6, 6.07) is 5.95. The molecule has 2 nitrogen and oxygen atoms in total. The van der Waals surface area contributed by atoms with Crippen LogP contribution in [-0.4, -0.2) is 5.97 Å². The smallest absolute Gasteiger partial charge is 0.311 e. The molecular formula is C20H32O2. The van der Waals surface area contributed by atoms with E-state index in [-0.39, 0.29) is 5.97 Å². The van der Waals surface area contributed by atoms with Gasteiger partial charge in [0.15, 0.2) is 0 Å². The number of hydrogen-bond donors (Lipinski definition) is 0. The fraction of sp³-hybridized carbons (Fsp3) is 0.650. The van der Waals surface area contributed by atoms with Crippen LogP contribution < -0.4 is 4.74 Å². The van der Waals surface area contributed by atoms with Gasteiger partial charge in [-0.2, -0.15) is 0 Å². The first-order chi connectivity index (χ1) is 10.6. The Balaban J connectivity index is 2.09. The molecule has 0 aliphatic heterocycles. The predicted molar refractivity (Wildman–Crippen MR) is 93.4 cm³/mol. The summed E-state index contributed by atoms with van der Waals surface area (Å²) in [7, 11) is 0. The Labute approximate surface area is 136 Å². The average molecular weight is 304 g/mol. The Kier molecular flexibility index (Phi) is 9.61. The van der Waals surface area contributed by atoms with Crippen LogP contribution in [-0.2, 0) is 4.79 Å². The van der Waals surface area contributed by atoms with Crippen molar-refractivity contribution in [3.8, 4) is 5.75 Å². The second-order valence-corrected chi connectivity index (χ2v) is 6.27. The lowest BCUT2D eigenvalue weighted by Gasteiger charge is -2.10. The standard InChI is InChI=1S/C20H32O2/c1-4-5-6-7-8-9-10-11-12-16-19(21)22-20-17(2)14-13-15-18(20)3/h13-15H,4-12,16H2,1-3H3.